The third kappa shape index (κ3) is 3.50. The molecule has 0 aliphatic carbocycles. The number of nitrogens with zero attached hydrogens (tertiary/aromatic N) is 2. The molecule has 3 heteroatoms. The van der Waals surface area contributed by atoms with Gasteiger partial charge in [0.25, 0.3) is 0 Å². The molecule has 3 nitrogen and oxygen atoms in total. The van der Waals surface area contributed by atoms with Crippen LogP contribution in [0.4, 0.5) is 0 Å². The molecule has 0 fully saturated rings. The zero-order valence-electron chi connectivity index (χ0n) is 13.7. The summed E-state index contributed by atoms with van der Waals surface area (Å²) in [5.74, 6) is 1.63. The summed E-state index contributed by atoms with van der Waals surface area (Å²) in [5, 5.41) is 0. The summed E-state index contributed by atoms with van der Waals surface area (Å²) in [6.45, 7) is 2.99. The molecular formula is C20H22N2O. The fraction of sp³-hybridized carbons (Fsp3) is 0.300. The van der Waals surface area contributed by atoms with E-state index >= 15 is 0 Å². The van der Waals surface area contributed by atoms with Crippen LogP contribution in [0.5, 0.6) is 5.75 Å². The summed E-state index contributed by atoms with van der Waals surface area (Å²) in [5.41, 5.74) is 4.79. The number of aliphatic imine (C=N–C) groups is 2. The van der Waals surface area contributed by atoms with Crippen LogP contribution in [0, 0.1) is 0 Å². The van der Waals surface area contributed by atoms with Crippen molar-refractivity contribution in [1.29, 1.82) is 0 Å². The third-order valence-electron chi connectivity index (χ3n) is 4.03. The Balaban J connectivity index is 1.96. The van der Waals surface area contributed by atoms with Crippen molar-refractivity contribution in [2.45, 2.75) is 26.2 Å². The predicted molar refractivity (Wildman–Crippen MR) is 96.0 cm³/mol. The quantitative estimate of drug-likeness (QED) is 0.811. The van der Waals surface area contributed by atoms with Gasteiger partial charge in [0.2, 0.25) is 0 Å². The van der Waals surface area contributed by atoms with E-state index in [9.17, 15) is 0 Å². The Bertz CT molecular complexity index is 747. The summed E-state index contributed by atoms with van der Waals surface area (Å²) in [7, 11) is 1.68. The Morgan fingerprint density at radius 1 is 1.09 bits per heavy atom. The van der Waals surface area contributed by atoms with Gasteiger partial charge >= 0.3 is 0 Å². The van der Waals surface area contributed by atoms with Gasteiger partial charge in [0, 0.05) is 18.5 Å². The average molecular weight is 306 g/mol. The SMILES string of the molecule is CCCc1ccccc1C1=NC(c2cccc(OC)c2)=NCC1. The van der Waals surface area contributed by atoms with Crippen LogP contribution in [0.25, 0.3) is 0 Å². The zero-order valence-corrected chi connectivity index (χ0v) is 13.7. The largest absolute Gasteiger partial charge is 0.497 e. The van der Waals surface area contributed by atoms with Gasteiger partial charge in [-0.25, -0.2) is 4.99 Å². The molecule has 0 saturated carbocycles. The molecule has 0 unspecified atom stereocenters. The molecule has 2 aromatic carbocycles. The number of ether oxygens (including phenoxy) is 1. The van der Waals surface area contributed by atoms with E-state index in [-0.39, 0.29) is 0 Å². The molecule has 0 atom stereocenters. The molecule has 0 spiro atoms. The van der Waals surface area contributed by atoms with Gasteiger partial charge in [-0.1, -0.05) is 49.7 Å². The van der Waals surface area contributed by atoms with Gasteiger partial charge in [-0.15, -0.1) is 0 Å². The zero-order chi connectivity index (χ0) is 16.1. The van der Waals surface area contributed by atoms with Crippen molar-refractivity contribution in [2.24, 2.45) is 9.98 Å². The van der Waals surface area contributed by atoms with Gasteiger partial charge in [0.1, 0.15) is 5.75 Å². The first-order chi connectivity index (χ1) is 11.3. The van der Waals surface area contributed by atoms with Gasteiger partial charge in [-0.3, -0.25) is 4.99 Å². The molecule has 0 saturated heterocycles. The Labute approximate surface area is 137 Å². The lowest BCUT2D eigenvalue weighted by Crippen LogP contribution is -2.15. The second-order valence-electron chi connectivity index (χ2n) is 5.65. The van der Waals surface area contributed by atoms with Crippen LogP contribution in [0.1, 0.15) is 36.5 Å². The third-order valence-corrected chi connectivity index (χ3v) is 4.03. The Hall–Kier alpha value is -2.42. The molecular weight excluding hydrogens is 284 g/mol. The maximum atomic E-state index is 5.30. The van der Waals surface area contributed by atoms with E-state index in [0.717, 1.165) is 48.7 Å². The minimum absolute atomic E-state index is 0.784. The van der Waals surface area contributed by atoms with E-state index in [4.69, 9.17) is 9.73 Å². The normalized spacial score (nSPS) is 14.2. The average Bonchev–Trinajstić information content (AvgIpc) is 2.63. The van der Waals surface area contributed by atoms with E-state index in [1.807, 2.05) is 24.3 Å². The predicted octanol–water partition coefficient (Wildman–Crippen LogP) is 4.29. The summed E-state index contributed by atoms with van der Waals surface area (Å²) in [6, 6.07) is 16.5. The minimum atomic E-state index is 0.784. The number of amidine groups is 1. The first kappa shape index (κ1) is 15.5. The highest BCUT2D eigenvalue weighted by atomic mass is 16.5. The van der Waals surface area contributed by atoms with Crippen LogP contribution in [0.3, 0.4) is 0 Å². The van der Waals surface area contributed by atoms with Crippen molar-refractivity contribution in [3.05, 3.63) is 65.2 Å². The van der Waals surface area contributed by atoms with Crippen molar-refractivity contribution >= 4 is 11.5 Å². The van der Waals surface area contributed by atoms with Crippen LogP contribution >= 0.6 is 0 Å². The van der Waals surface area contributed by atoms with Crippen LogP contribution in [0.15, 0.2) is 58.5 Å². The smallest absolute Gasteiger partial charge is 0.154 e. The van der Waals surface area contributed by atoms with Crippen molar-refractivity contribution in [1.82, 2.24) is 0 Å². The molecule has 1 aliphatic heterocycles. The van der Waals surface area contributed by atoms with Crippen LogP contribution < -0.4 is 4.74 Å². The van der Waals surface area contributed by atoms with E-state index in [0.29, 0.717) is 0 Å². The van der Waals surface area contributed by atoms with Crippen LogP contribution in [-0.2, 0) is 6.42 Å². The van der Waals surface area contributed by atoms with Crippen LogP contribution in [0.2, 0.25) is 0 Å². The molecule has 3 rings (SSSR count). The summed E-state index contributed by atoms with van der Waals surface area (Å²) in [6.07, 6.45) is 3.12. The van der Waals surface area contributed by atoms with Gasteiger partial charge in [0.05, 0.1) is 12.8 Å². The number of benzene rings is 2. The molecule has 0 radical (unpaired) electrons. The lowest BCUT2D eigenvalue weighted by Gasteiger charge is -2.16. The number of methoxy groups -OCH3 is 1. The number of aryl methyl sites for hydroxylation is 1. The van der Waals surface area contributed by atoms with Crippen molar-refractivity contribution in [3.63, 3.8) is 0 Å². The monoisotopic (exact) mass is 306 g/mol. The maximum Gasteiger partial charge on any atom is 0.154 e. The topological polar surface area (TPSA) is 34.0 Å². The van der Waals surface area contributed by atoms with Crippen molar-refractivity contribution in [3.8, 4) is 5.75 Å². The molecule has 2 aromatic rings. The standard InChI is InChI=1S/C20H22N2O/c1-3-7-15-8-4-5-11-18(15)19-12-13-21-20(22-19)16-9-6-10-17(14-16)23-2/h4-6,8-11,14H,3,7,12-13H2,1-2H3. The summed E-state index contributed by atoms with van der Waals surface area (Å²) >= 11 is 0. The molecule has 0 aromatic heterocycles. The van der Waals surface area contributed by atoms with Gasteiger partial charge in [0.15, 0.2) is 5.84 Å². The highest BCUT2D eigenvalue weighted by molar-refractivity contribution is 6.14. The highest BCUT2D eigenvalue weighted by Gasteiger charge is 2.15. The molecule has 23 heavy (non-hydrogen) atoms. The summed E-state index contributed by atoms with van der Waals surface area (Å²) < 4.78 is 5.30. The van der Waals surface area contributed by atoms with E-state index in [1.165, 1.54) is 11.1 Å². The second kappa shape index (κ2) is 7.23. The second-order valence-corrected chi connectivity index (χ2v) is 5.65. The van der Waals surface area contributed by atoms with E-state index < -0.39 is 0 Å². The molecule has 0 N–H and O–H groups in total. The highest BCUT2D eigenvalue weighted by Crippen LogP contribution is 2.20. The molecule has 118 valence electrons. The number of hydrogen-bond acceptors (Lipinski definition) is 3. The van der Waals surface area contributed by atoms with Crippen molar-refractivity contribution in [2.75, 3.05) is 13.7 Å². The molecule has 0 amide bonds. The van der Waals surface area contributed by atoms with E-state index in [1.54, 1.807) is 7.11 Å². The lowest BCUT2D eigenvalue weighted by molar-refractivity contribution is 0.414. The fourth-order valence-electron chi connectivity index (χ4n) is 2.89. The molecule has 1 heterocycles. The van der Waals surface area contributed by atoms with Crippen LogP contribution in [-0.4, -0.2) is 25.2 Å². The first-order valence-corrected chi connectivity index (χ1v) is 8.16. The number of rotatable bonds is 5. The summed E-state index contributed by atoms with van der Waals surface area (Å²) in [4.78, 5) is 9.45. The van der Waals surface area contributed by atoms with E-state index in [2.05, 4.69) is 36.2 Å². The minimum Gasteiger partial charge on any atom is -0.497 e. The molecule has 0 bridgehead atoms. The Morgan fingerprint density at radius 3 is 2.78 bits per heavy atom. The maximum absolute atomic E-state index is 5.30. The number of hydrogen-bond donors (Lipinski definition) is 0. The Kier molecular flexibility index (Phi) is 4.86. The molecule has 1 aliphatic rings. The Morgan fingerprint density at radius 2 is 1.96 bits per heavy atom. The lowest BCUT2D eigenvalue weighted by atomic mass is 9.97. The van der Waals surface area contributed by atoms with Crippen molar-refractivity contribution < 1.29 is 4.74 Å². The van der Waals surface area contributed by atoms with Gasteiger partial charge in [-0.2, -0.15) is 0 Å². The fourth-order valence-corrected chi connectivity index (χ4v) is 2.89. The van der Waals surface area contributed by atoms with Gasteiger partial charge in [-0.05, 0) is 29.7 Å². The first-order valence-electron chi connectivity index (χ1n) is 8.16. The van der Waals surface area contributed by atoms with Gasteiger partial charge < -0.3 is 4.74 Å².